The highest BCUT2D eigenvalue weighted by atomic mass is 19.1. The van der Waals surface area contributed by atoms with E-state index in [9.17, 15) is 9.50 Å². The topological polar surface area (TPSA) is 74.9 Å². The third-order valence-electron chi connectivity index (χ3n) is 5.33. The highest BCUT2D eigenvalue weighted by Gasteiger charge is 2.21. The Morgan fingerprint density at radius 3 is 2.42 bits per heavy atom. The van der Waals surface area contributed by atoms with E-state index in [2.05, 4.69) is 19.9 Å². The summed E-state index contributed by atoms with van der Waals surface area (Å²) in [5, 5.41) is 14.4. The largest absolute Gasteiger partial charge is 0.491 e. The number of nitrogens with zero attached hydrogens (tertiary/aromatic N) is 4. The molecule has 7 nitrogen and oxygen atoms in total. The predicted molar refractivity (Wildman–Crippen MR) is 114 cm³/mol. The van der Waals surface area contributed by atoms with Gasteiger partial charge in [0.2, 0.25) is 11.7 Å². The second-order valence-electron chi connectivity index (χ2n) is 7.87. The Balaban J connectivity index is 1.19. The highest BCUT2D eigenvalue weighted by Crippen LogP contribution is 2.17. The van der Waals surface area contributed by atoms with Crippen LogP contribution in [0.2, 0.25) is 0 Å². The van der Waals surface area contributed by atoms with Crippen LogP contribution < -0.4 is 4.74 Å². The lowest BCUT2D eigenvalue weighted by molar-refractivity contribution is 0.0426. The molecule has 1 atom stereocenters. The first-order valence-corrected chi connectivity index (χ1v) is 10.5. The van der Waals surface area contributed by atoms with E-state index < -0.39 is 6.10 Å². The van der Waals surface area contributed by atoms with Crippen LogP contribution in [0.3, 0.4) is 0 Å². The van der Waals surface area contributed by atoms with Crippen LogP contribution in [-0.4, -0.2) is 70.5 Å². The first-order valence-electron chi connectivity index (χ1n) is 10.5. The number of aromatic nitrogens is 2. The molecule has 8 heteroatoms. The number of ether oxygens (including phenoxy) is 1. The molecule has 0 radical (unpaired) electrons. The molecule has 4 rings (SSSR count). The summed E-state index contributed by atoms with van der Waals surface area (Å²) in [6.07, 6.45) is -0.607. The highest BCUT2D eigenvalue weighted by molar-refractivity contribution is 5.54. The molecule has 0 saturated carbocycles. The van der Waals surface area contributed by atoms with E-state index in [0.29, 0.717) is 30.6 Å². The SMILES string of the molecule is Cc1ccc(-c2noc(CN3CCN(CC(O)COc4ccc(F)cc4)CC3)n2)cc1. The molecule has 1 unspecified atom stereocenters. The van der Waals surface area contributed by atoms with Crippen LogP contribution in [0.5, 0.6) is 5.75 Å². The van der Waals surface area contributed by atoms with E-state index in [-0.39, 0.29) is 12.4 Å². The Bertz CT molecular complexity index is 954. The molecule has 2 heterocycles. The van der Waals surface area contributed by atoms with E-state index in [1.165, 1.54) is 17.7 Å². The van der Waals surface area contributed by atoms with Crippen molar-refractivity contribution in [2.45, 2.75) is 19.6 Å². The molecule has 1 aromatic heterocycles. The molecule has 1 saturated heterocycles. The number of halogens is 1. The van der Waals surface area contributed by atoms with Crippen LogP contribution >= 0.6 is 0 Å². The molecule has 0 aliphatic carbocycles. The van der Waals surface area contributed by atoms with E-state index in [4.69, 9.17) is 9.26 Å². The summed E-state index contributed by atoms with van der Waals surface area (Å²) < 4.78 is 23.9. The van der Waals surface area contributed by atoms with E-state index in [1.54, 1.807) is 12.1 Å². The molecular formula is C23H27FN4O3. The molecule has 1 N–H and O–H groups in total. The van der Waals surface area contributed by atoms with Crippen LogP contribution in [0.25, 0.3) is 11.4 Å². The van der Waals surface area contributed by atoms with Crippen LogP contribution in [0.1, 0.15) is 11.5 Å². The van der Waals surface area contributed by atoms with Gasteiger partial charge >= 0.3 is 0 Å². The third kappa shape index (κ3) is 6.10. The summed E-state index contributed by atoms with van der Waals surface area (Å²) in [5.74, 6) is 1.46. The number of aryl methyl sites for hydroxylation is 1. The lowest BCUT2D eigenvalue weighted by Gasteiger charge is -2.34. The third-order valence-corrected chi connectivity index (χ3v) is 5.33. The van der Waals surface area contributed by atoms with E-state index >= 15 is 0 Å². The monoisotopic (exact) mass is 426 g/mol. The maximum Gasteiger partial charge on any atom is 0.241 e. The number of hydrogen-bond donors (Lipinski definition) is 1. The fourth-order valence-corrected chi connectivity index (χ4v) is 3.53. The Hall–Kier alpha value is -2.81. The minimum Gasteiger partial charge on any atom is -0.491 e. The molecule has 2 aromatic carbocycles. The van der Waals surface area contributed by atoms with Crippen LogP contribution in [0, 0.1) is 12.7 Å². The van der Waals surface area contributed by atoms with Gasteiger partial charge in [0.1, 0.15) is 24.3 Å². The van der Waals surface area contributed by atoms with E-state index in [1.807, 2.05) is 31.2 Å². The minimum atomic E-state index is -0.607. The first-order chi connectivity index (χ1) is 15.0. The summed E-state index contributed by atoms with van der Waals surface area (Å²) in [4.78, 5) is 8.99. The Kier molecular flexibility index (Phi) is 6.91. The van der Waals surface area contributed by atoms with Crippen molar-refractivity contribution in [2.24, 2.45) is 0 Å². The Morgan fingerprint density at radius 1 is 1.03 bits per heavy atom. The van der Waals surface area contributed by atoms with Crippen molar-refractivity contribution in [1.82, 2.24) is 19.9 Å². The summed E-state index contributed by atoms with van der Waals surface area (Å²) in [6, 6.07) is 13.8. The van der Waals surface area contributed by atoms with Gasteiger partial charge in [0.25, 0.3) is 0 Å². The standard InChI is InChI=1S/C23H27FN4O3/c1-17-2-4-18(5-3-17)23-25-22(31-26-23)15-28-12-10-27(11-13-28)14-20(29)16-30-21-8-6-19(24)7-9-21/h2-9,20,29H,10-16H2,1H3. The summed E-state index contributed by atoms with van der Waals surface area (Å²) in [7, 11) is 0. The molecule has 0 spiro atoms. The van der Waals surface area contributed by atoms with Gasteiger partial charge in [-0.1, -0.05) is 35.0 Å². The Morgan fingerprint density at radius 2 is 1.71 bits per heavy atom. The lowest BCUT2D eigenvalue weighted by Crippen LogP contribution is -2.48. The second kappa shape index (κ2) is 10.00. The number of piperazine rings is 1. The number of β-amino-alcohol motifs (C(OH)–C–C–N with tert-alkyl or cyclic N) is 1. The Labute approximate surface area is 181 Å². The molecule has 0 bridgehead atoms. The summed E-state index contributed by atoms with van der Waals surface area (Å²) in [5.41, 5.74) is 2.14. The van der Waals surface area contributed by atoms with Gasteiger partial charge in [0.15, 0.2) is 0 Å². The van der Waals surface area contributed by atoms with Crippen molar-refractivity contribution in [1.29, 1.82) is 0 Å². The second-order valence-corrected chi connectivity index (χ2v) is 7.87. The normalized spacial score (nSPS) is 16.4. The van der Waals surface area contributed by atoms with Crippen molar-refractivity contribution >= 4 is 0 Å². The average Bonchev–Trinajstić information content (AvgIpc) is 3.24. The molecule has 3 aromatic rings. The first kappa shape index (κ1) is 21.4. The number of rotatable bonds is 8. The molecule has 1 fully saturated rings. The van der Waals surface area contributed by atoms with Gasteiger partial charge in [-0.15, -0.1) is 0 Å². The zero-order chi connectivity index (χ0) is 21.6. The van der Waals surface area contributed by atoms with Gasteiger partial charge in [-0.25, -0.2) is 4.39 Å². The number of hydrogen-bond acceptors (Lipinski definition) is 7. The van der Waals surface area contributed by atoms with Gasteiger partial charge in [-0.3, -0.25) is 9.80 Å². The van der Waals surface area contributed by atoms with Gasteiger partial charge in [0, 0.05) is 38.3 Å². The van der Waals surface area contributed by atoms with Crippen molar-refractivity contribution in [3.05, 3.63) is 65.8 Å². The van der Waals surface area contributed by atoms with Crippen LogP contribution in [0.15, 0.2) is 53.1 Å². The van der Waals surface area contributed by atoms with Gasteiger partial charge < -0.3 is 14.4 Å². The fourth-order valence-electron chi connectivity index (χ4n) is 3.53. The number of benzene rings is 2. The van der Waals surface area contributed by atoms with Gasteiger partial charge in [0.05, 0.1) is 6.54 Å². The fraction of sp³-hybridized carbons (Fsp3) is 0.391. The maximum absolute atomic E-state index is 12.9. The molecular weight excluding hydrogens is 399 g/mol. The maximum atomic E-state index is 12.9. The number of aliphatic hydroxyl groups is 1. The molecule has 31 heavy (non-hydrogen) atoms. The van der Waals surface area contributed by atoms with Crippen molar-refractivity contribution in [3.63, 3.8) is 0 Å². The molecule has 1 aliphatic heterocycles. The summed E-state index contributed by atoms with van der Waals surface area (Å²) >= 11 is 0. The molecule has 164 valence electrons. The van der Waals surface area contributed by atoms with Gasteiger partial charge in [-0.05, 0) is 31.2 Å². The predicted octanol–water partition coefficient (Wildman–Crippen LogP) is 2.74. The van der Waals surface area contributed by atoms with Crippen molar-refractivity contribution in [2.75, 3.05) is 39.3 Å². The number of aliphatic hydroxyl groups excluding tert-OH is 1. The minimum absolute atomic E-state index is 0.176. The van der Waals surface area contributed by atoms with Crippen molar-refractivity contribution < 1.29 is 18.8 Å². The molecule has 1 aliphatic rings. The van der Waals surface area contributed by atoms with Gasteiger partial charge in [-0.2, -0.15) is 4.98 Å². The van der Waals surface area contributed by atoms with Crippen molar-refractivity contribution in [3.8, 4) is 17.1 Å². The average molecular weight is 426 g/mol. The van der Waals surface area contributed by atoms with Crippen LogP contribution in [0.4, 0.5) is 4.39 Å². The zero-order valence-corrected chi connectivity index (χ0v) is 17.6. The molecule has 0 amide bonds. The zero-order valence-electron chi connectivity index (χ0n) is 17.6. The summed E-state index contributed by atoms with van der Waals surface area (Å²) in [6.45, 7) is 6.76. The smallest absolute Gasteiger partial charge is 0.241 e. The van der Waals surface area contributed by atoms with Crippen LogP contribution in [-0.2, 0) is 6.54 Å². The lowest BCUT2D eigenvalue weighted by atomic mass is 10.1. The quantitative estimate of drug-likeness (QED) is 0.594. The van der Waals surface area contributed by atoms with E-state index in [0.717, 1.165) is 31.7 Å².